The fourth-order valence-electron chi connectivity index (χ4n) is 3.31. The second-order valence-corrected chi connectivity index (χ2v) is 6.94. The molecule has 1 aliphatic heterocycles. The van der Waals surface area contributed by atoms with E-state index in [1.807, 2.05) is 12.1 Å². The number of hydrogen-bond acceptors (Lipinski definition) is 5. The van der Waals surface area contributed by atoms with E-state index < -0.39 is 6.03 Å². The summed E-state index contributed by atoms with van der Waals surface area (Å²) in [6.07, 6.45) is 2.19. The van der Waals surface area contributed by atoms with Crippen molar-refractivity contribution >= 4 is 29.0 Å². The fourth-order valence-corrected chi connectivity index (χ4v) is 3.31. The van der Waals surface area contributed by atoms with Gasteiger partial charge in [-0.05, 0) is 55.3 Å². The highest BCUT2D eigenvalue weighted by Crippen LogP contribution is 2.27. The van der Waals surface area contributed by atoms with Crippen LogP contribution in [0.2, 0.25) is 0 Å². The molecule has 0 bridgehead atoms. The van der Waals surface area contributed by atoms with E-state index >= 15 is 0 Å². The molecular formula is C22H25N5O3. The predicted octanol–water partition coefficient (Wildman–Crippen LogP) is 3.18. The number of urea groups is 1. The van der Waals surface area contributed by atoms with E-state index in [0.717, 1.165) is 31.6 Å². The largest absolute Gasteiger partial charge is 0.383 e. The molecule has 1 aliphatic rings. The van der Waals surface area contributed by atoms with Crippen molar-refractivity contribution in [3.63, 3.8) is 0 Å². The Balaban J connectivity index is 1.73. The molecule has 3 N–H and O–H groups in total. The molecule has 8 heteroatoms. The van der Waals surface area contributed by atoms with Crippen molar-refractivity contribution in [3.05, 3.63) is 53.6 Å². The molecule has 1 fully saturated rings. The van der Waals surface area contributed by atoms with Crippen molar-refractivity contribution in [3.8, 4) is 6.07 Å². The molecule has 156 valence electrons. The molecule has 8 nitrogen and oxygen atoms in total. The van der Waals surface area contributed by atoms with Gasteiger partial charge in [-0.2, -0.15) is 5.26 Å². The smallest absolute Gasteiger partial charge is 0.323 e. The maximum Gasteiger partial charge on any atom is 0.323 e. The maximum atomic E-state index is 12.7. The number of hydrogen-bond donors (Lipinski definition) is 3. The molecule has 0 spiro atoms. The van der Waals surface area contributed by atoms with Gasteiger partial charge < -0.3 is 25.6 Å². The number of nitriles is 1. The number of carbonyl (C=O) groups is 2. The van der Waals surface area contributed by atoms with E-state index in [0.29, 0.717) is 35.7 Å². The molecule has 30 heavy (non-hydrogen) atoms. The van der Waals surface area contributed by atoms with Gasteiger partial charge in [0, 0.05) is 43.8 Å². The normalized spacial score (nSPS) is 12.9. The molecule has 0 unspecified atom stereocenters. The van der Waals surface area contributed by atoms with Crippen LogP contribution in [0.1, 0.15) is 28.8 Å². The summed E-state index contributed by atoms with van der Waals surface area (Å²) in [6, 6.07) is 13.5. The van der Waals surface area contributed by atoms with Crippen molar-refractivity contribution in [2.75, 3.05) is 48.9 Å². The Morgan fingerprint density at radius 3 is 2.40 bits per heavy atom. The minimum Gasteiger partial charge on any atom is -0.383 e. The van der Waals surface area contributed by atoms with Gasteiger partial charge in [0.25, 0.3) is 5.91 Å². The number of rotatable bonds is 7. The minimum atomic E-state index is -0.431. The lowest BCUT2D eigenvalue weighted by Crippen LogP contribution is -2.30. The van der Waals surface area contributed by atoms with E-state index in [1.54, 1.807) is 43.5 Å². The van der Waals surface area contributed by atoms with Crippen molar-refractivity contribution in [1.29, 1.82) is 5.26 Å². The number of anilines is 3. The first-order valence-corrected chi connectivity index (χ1v) is 9.85. The van der Waals surface area contributed by atoms with Crippen LogP contribution in [0.25, 0.3) is 0 Å². The Labute approximate surface area is 175 Å². The zero-order chi connectivity index (χ0) is 21.3. The molecule has 3 amide bonds. The summed E-state index contributed by atoms with van der Waals surface area (Å²) in [5.74, 6) is -0.204. The van der Waals surface area contributed by atoms with Crippen LogP contribution in [0.4, 0.5) is 21.9 Å². The monoisotopic (exact) mass is 407 g/mol. The van der Waals surface area contributed by atoms with Crippen LogP contribution in [0.15, 0.2) is 42.5 Å². The third kappa shape index (κ3) is 5.49. The molecule has 0 radical (unpaired) electrons. The van der Waals surface area contributed by atoms with Crippen LogP contribution >= 0.6 is 0 Å². The molecule has 0 aromatic heterocycles. The molecule has 3 rings (SSSR count). The standard InChI is InChI=1S/C22H25N5O3/c1-30-13-10-24-21(28)19-14-18(8-9-20(19)27-11-2-3-12-27)26-22(29)25-17-6-4-16(15-23)5-7-17/h4-9,14H,2-3,10-13H2,1H3,(H,24,28)(H2,25,26,29). The van der Waals surface area contributed by atoms with E-state index in [2.05, 4.69) is 20.9 Å². The summed E-state index contributed by atoms with van der Waals surface area (Å²) in [5.41, 5.74) is 2.98. The van der Waals surface area contributed by atoms with Gasteiger partial charge in [0.2, 0.25) is 0 Å². The summed E-state index contributed by atoms with van der Waals surface area (Å²) in [5, 5.41) is 17.2. The fraction of sp³-hybridized carbons (Fsp3) is 0.318. The number of nitrogens with one attached hydrogen (secondary N) is 3. The molecule has 0 atom stereocenters. The number of carbonyl (C=O) groups excluding carboxylic acids is 2. The maximum absolute atomic E-state index is 12.7. The van der Waals surface area contributed by atoms with Gasteiger partial charge in [-0.3, -0.25) is 4.79 Å². The summed E-state index contributed by atoms with van der Waals surface area (Å²) < 4.78 is 5.00. The third-order valence-electron chi connectivity index (χ3n) is 4.81. The Hall–Kier alpha value is -3.57. The van der Waals surface area contributed by atoms with Crippen molar-refractivity contribution in [2.24, 2.45) is 0 Å². The Bertz CT molecular complexity index is 931. The van der Waals surface area contributed by atoms with E-state index in [-0.39, 0.29) is 5.91 Å². The summed E-state index contributed by atoms with van der Waals surface area (Å²) >= 11 is 0. The lowest BCUT2D eigenvalue weighted by Gasteiger charge is -2.22. The van der Waals surface area contributed by atoms with E-state index in [9.17, 15) is 9.59 Å². The highest BCUT2D eigenvalue weighted by Gasteiger charge is 2.20. The molecule has 0 saturated carbocycles. The molecule has 0 aliphatic carbocycles. The van der Waals surface area contributed by atoms with Gasteiger partial charge in [-0.15, -0.1) is 0 Å². The summed E-state index contributed by atoms with van der Waals surface area (Å²) in [7, 11) is 1.58. The highest BCUT2D eigenvalue weighted by molar-refractivity contribution is 6.04. The third-order valence-corrected chi connectivity index (χ3v) is 4.81. The van der Waals surface area contributed by atoms with Crippen molar-refractivity contribution < 1.29 is 14.3 Å². The van der Waals surface area contributed by atoms with Crippen LogP contribution < -0.4 is 20.9 Å². The molecule has 1 heterocycles. The van der Waals surface area contributed by atoms with Gasteiger partial charge >= 0.3 is 6.03 Å². The van der Waals surface area contributed by atoms with Gasteiger partial charge in [0.15, 0.2) is 0 Å². The Morgan fingerprint density at radius 1 is 1.07 bits per heavy atom. The summed E-state index contributed by atoms with van der Waals surface area (Å²) in [6.45, 7) is 2.65. The lowest BCUT2D eigenvalue weighted by molar-refractivity contribution is 0.0937. The summed E-state index contributed by atoms with van der Waals surface area (Å²) in [4.78, 5) is 27.3. The van der Waals surface area contributed by atoms with E-state index in [1.165, 1.54) is 0 Å². The molecular weight excluding hydrogens is 382 g/mol. The van der Waals surface area contributed by atoms with Crippen LogP contribution in [-0.4, -0.2) is 45.3 Å². The average molecular weight is 407 g/mol. The number of nitrogens with zero attached hydrogens (tertiary/aromatic N) is 2. The van der Waals surface area contributed by atoms with Crippen molar-refractivity contribution in [1.82, 2.24) is 5.32 Å². The van der Waals surface area contributed by atoms with Crippen LogP contribution in [0.5, 0.6) is 0 Å². The van der Waals surface area contributed by atoms with Crippen LogP contribution in [0, 0.1) is 11.3 Å². The molecule has 2 aromatic carbocycles. The Kier molecular flexibility index (Phi) is 7.24. The molecule has 1 saturated heterocycles. The highest BCUT2D eigenvalue weighted by atomic mass is 16.5. The van der Waals surface area contributed by atoms with E-state index in [4.69, 9.17) is 10.00 Å². The lowest BCUT2D eigenvalue weighted by atomic mass is 10.1. The zero-order valence-corrected chi connectivity index (χ0v) is 16.9. The zero-order valence-electron chi connectivity index (χ0n) is 16.9. The topological polar surface area (TPSA) is 106 Å². The van der Waals surface area contributed by atoms with Gasteiger partial charge in [-0.1, -0.05) is 0 Å². The first-order valence-electron chi connectivity index (χ1n) is 9.85. The molecule has 2 aromatic rings. The van der Waals surface area contributed by atoms with Crippen molar-refractivity contribution in [2.45, 2.75) is 12.8 Å². The predicted molar refractivity (Wildman–Crippen MR) is 116 cm³/mol. The minimum absolute atomic E-state index is 0.204. The van der Waals surface area contributed by atoms with Gasteiger partial charge in [-0.25, -0.2) is 4.79 Å². The number of amides is 3. The number of methoxy groups -OCH3 is 1. The first-order chi connectivity index (χ1) is 14.6. The average Bonchev–Trinajstić information content (AvgIpc) is 3.29. The van der Waals surface area contributed by atoms with Gasteiger partial charge in [0.05, 0.1) is 23.8 Å². The quantitative estimate of drug-likeness (QED) is 0.611. The SMILES string of the molecule is COCCNC(=O)c1cc(NC(=O)Nc2ccc(C#N)cc2)ccc1N1CCCC1. The Morgan fingerprint density at radius 2 is 1.73 bits per heavy atom. The van der Waals surface area contributed by atoms with Gasteiger partial charge in [0.1, 0.15) is 0 Å². The second kappa shape index (κ2) is 10.3. The first kappa shape index (κ1) is 21.1. The van der Waals surface area contributed by atoms with Crippen LogP contribution in [-0.2, 0) is 4.74 Å². The van der Waals surface area contributed by atoms with Crippen LogP contribution in [0.3, 0.4) is 0 Å². The number of ether oxygens (including phenoxy) is 1. The number of benzene rings is 2. The second-order valence-electron chi connectivity index (χ2n) is 6.94.